The van der Waals surface area contributed by atoms with Crippen LogP contribution in [0.4, 0.5) is 0 Å². The van der Waals surface area contributed by atoms with Crippen LogP contribution in [0.15, 0.2) is 18.3 Å². The maximum atomic E-state index is 11.7. The van der Waals surface area contributed by atoms with Crippen LogP contribution in [-0.4, -0.2) is 43.0 Å². The van der Waals surface area contributed by atoms with Gasteiger partial charge >= 0.3 is 0 Å². The smallest absolute Gasteiger partial charge is 0.269 e. The highest BCUT2D eigenvalue weighted by atomic mass is 131. The van der Waals surface area contributed by atoms with Crippen LogP contribution in [0.2, 0.25) is 0 Å². The summed E-state index contributed by atoms with van der Waals surface area (Å²) in [6.45, 7) is 1.76. The van der Waals surface area contributed by atoms with Gasteiger partial charge in [0, 0.05) is 16.3 Å². The van der Waals surface area contributed by atoms with E-state index in [-0.39, 0.29) is 5.91 Å². The quantitative estimate of drug-likeness (QED) is 0.628. The zero-order chi connectivity index (χ0) is 12.7. The molecule has 0 radical (unpaired) electrons. The summed E-state index contributed by atoms with van der Waals surface area (Å²) in [5.41, 5.74) is 0.484. The van der Waals surface area contributed by atoms with Crippen LogP contribution in [0.25, 0.3) is 0 Å². The first-order chi connectivity index (χ1) is 8.09. The maximum Gasteiger partial charge on any atom is 0.269 e. The Bertz CT molecular complexity index is 351. The molecule has 0 saturated heterocycles. The maximum absolute atomic E-state index is 11.7. The summed E-state index contributed by atoms with van der Waals surface area (Å²) in [6.07, 6.45) is 3.78. The Morgan fingerprint density at radius 3 is 2.76 bits per heavy atom. The average molecular weight is 351 g/mol. The van der Waals surface area contributed by atoms with E-state index in [0.29, 0.717) is 12.2 Å². The highest BCUT2D eigenvalue weighted by molar-refractivity contribution is 14.1. The summed E-state index contributed by atoms with van der Waals surface area (Å²) in [7, 11) is 4.10. The van der Waals surface area contributed by atoms with Gasteiger partial charge in [0.05, 0.1) is 0 Å². The number of nitrogens with one attached hydrogen (secondary N) is 1. The molecule has 0 aliphatic carbocycles. The molecule has 0 atom stereocenters. The first-order valence-electron chi connectivity index (χ1n) is 5.64. The molecule has 0 unspecified atom stereocenters. The number of carbonyl (C=O) groups excluding carboxylic acids is 1. The number of nitrogens with zero attached hydrogens (tertiary/aromatic N) is 2. The van der Waals surface area contributed by atoms with Crippen molar-refractivity contribution >= 4 is 28.5 Å². The second-order valence-electron chi connectivity index (χ2n) is 4.13. The fraction of sp³-hybridized carbons (Fsp3) is 0.500. The SMILES string of the molecule is CN(C)CCCCNC(=O)c1ccc([131I])cn1. The highest BCUT2D eigenvalue weighted by Crippen LogP contribution is 2.03. The van der Waals surface area contributed by atoms with Gasteiger partial charge in [-0.3, -0.25) is 4.79 Å². The minimum atomic E-state index is -0.0914. The average Bonchev–Trinajstić information content (AvgIpc) is 2.29. The normalized spacial score (nSPS) is 10.6. The zero-order valence-corrected chi connectivity index (χ0v) is 12.4. The van der Waals surface area contributed by atoms with E-state index in [1.54, 1.807) is 12.3 Å². The van der Waals surface area contributed by atoms with Crippen LogP contribution >= 0.6 is 22.6 Å². The van der Waals surface area contributed by atoms with Crippen molar-refractivity contribution in [2.24, 2.45) is 0 Å². The molecule has 4 nitrogen and oxygen atoms in total. The third kappa shape index (κ3) is 5.97. The molecule has 0 aromatic carbocycles. The molecular weight excluding hydrogens is 333 g/mol. The Labute approximate surface area is 116 Å². The molecule has 1 aromatic rings. The first-order valence-corrected chi connectivity index (χ1v) is 6.72. The molecule has 1 amide bonds. The van der Waals surface area contributed by atoms with Crippen molar-refractivity contribution in [1.82, 2.24) is 15.2 Å². The Balaban J connectivity index is 2.23. The van der Waals surface area contributed by atoms with E-state index >= 15 is 0 Å². The third-order valence-corrected chi connectivity index (χ3v) is 2.92. The molecule has 0 aliphatic rings. The lowest BCUT2D eigenvalue weighted by molar-refractivity contribution is 0.0948. The molecule has 1 aromatic heterocycles. The van der Waals surface area contributed by atoms with Gasteiger partial charge in [-0.15, -0.1) is 0 Å². The fourth-order valence-electron chi connectivity index (χ4n) is 1.36. The topological polar surface area (TPSA) is 45.2 Å². The zero-order valence-electron chi connectivity index (χ0n) is 10.2. The van der Waals surface area contributed by atoms with E-state index in [4.69, 9.17) is 0 Å². The minimum absolute atomic E-state index is 0.0914. The minimum Gasteiger partial charge on any atom is -0.351 e. The van der Waals surface area contributed by atoms with Gasteiger partial charge in [0.25, 0.3) is 5.91 Å². The predicted molar refractivity (Wildman–Crippen MR) is 77.1 cm³/mol. The van der Waals surface area contributed by atoms with Crippen molar-refractivity contribution in [2.75, 3.05) is 27.2 Å². The number of rotatable bonds is 6. The van der Waals surface area contributed by atoms with Crippen LogP contribution in [0, 0.1) is 3.57 Å². The number of hydrogen-bond donors (Lipinski definition) is 1. The van der Waals surface area contributed by atoms with Crippen LogP contribution in [0.5, 0.6) is 0 Å². The van der Waals surface area contributed by atoms with Gasteiger partial charge in [0.1, 0.15) is 5.69 Å². The number of pyridine rings is 1. The number of carbonyl (C=O) groups is 1. The molecular formula is C12H18IN3O. The molecule has 0 bridgehead atoms. The Morgan fingerprint density at radius 1 is 1.41 bits per heavy atom. The van der Waals surface area contributed by atoms with Crippen molar-refractivity contribution in [3.05, 3.63) is 27.6 Å². The van der Waals surface area contributed by atoms with E-state index in [1.807, 2.05) is 20.2 Å². The molecule has 0 fully saturated rings. The molecule has 1 heterocycles. The second kappa shape index (κ2) is 7.60. The lowest BCUT2D eigenvalue weighted by atomic mass is 10.3. The molecule has 1 N–H and O–H groups in total. The molecule has 94 valence electrons. The van der Waals surface area contributed by atoms with Crippen LogP contribution in [-0.2, 0) is 0 Å². The number of halogens is 1. The van der Waals surface area contributed by atoms with E-state index in [2.05, 4.69) is 37.8 Å². The monoisotopic (exact) mass is 351 g/mol. The van der Waals surface area contributed by atoms with Crippen molar-refractivity contribution in [1.29, 1.82) is 0 Å². The van der Waals surface area contributed by atoms with Gasteiger partial charge in [-0.05, 0) is 68.2 Å². The summed E-state index contributed by atoms with van der Waals surface area (Å²) in [5.74, 6) is -0.0914. The van der Waals surface area contributed by atoms with Crippen LogP contribution in [0.3, 0.4) is 0 Å². The summed E-state index contributed by atoms with van der Waals surface area (Å²) in [6, 6.07) is 3.63. The molecule has 1 rings (SSSR count). The second-order valence-corrected chi connectivity index (χ2v) is 5.37. The standard InChI is InChI=1S/C12H18IN3O/c1-16(2)8-4-3-7-14-12(17)11-6-5-10(13)9-15-11/h5-6,9H,3-4,7-8H2,1-2H3,(H,14,17)/i13+4. The Kier molecular flexibility index (Phi) is 6.43. The van der Waals surface area contributed by atoms with Crippen LogP contribution in [0.1, 0.15) is 23.3 Å². The summed E-state index contributed by atoms with van der Waals surface area (Å²) in [5, 5.41) is 2.87. The van der Waals surface area contributed by atoms with Crippen molar-refractivity contribution in [3.8, 4) is 0 Å². The van der Waals surface area contributed by atoms with Gasteiger partial charge in [-0.1, -0.05) is 0 Å². The van der Waals surface area contributed by atoms with Crippen molar-refractivity contribution in [3.63, 3.8) is 0 Å². The van der Waals surface area contributed by atoms with E-state index < -0.39 is 0 Å². The highest BCUT2D eigenvalue weighted by Gasteiger charge is 2.05. The van der Waals surface area contributed by atoms with Gasteiger partial charge in [0.2, 0.25) is 0 Å². The van der Waals surface area contributed by atoms with E-state index in [9.17, 15) is 4.79 Å². The van der Waals surface area contributed by atoms with E-state index in [0.717, 1.165) is 23.0 Å². The Morgan fingerprint density at radius 2 is 2.18 bits per heavy atom. The largest absolute Gasteiger partial charge is 0.351 e. The molecule has 17 heavy (non-hydrogen) atoms. The predicted octanol–water partition coefficient (Wildman–Crippen LogP) is 1.76. The third-order valence-electron chi connectivity index (χ3n) is 2.28. The Hall–Kier alpha value is -0.690. The number of unbranched alkanes of at least 4 members (excludes halogenated alkanes) is 1. The summed E-state index contributed by atoms with van der Waals surface area (Å²) < 4.78 is 1.03. The van der Waals surface area contributed by atoms with Crippen LogP contribution < -0.4 is 5.32 Å². The number of amides is 1. The lowest BCUT2D eigenvalue weighted by Gasteiger charge is -2.09. The van der Waals surface area contributed by atoms with E-state index in [1.165, 1.54) is 0 Å². The number of aromatic nitrogens is 1. The van der Waals surface area contributed by atoms with Crippen molar-refractivity contribution in [2.45, 2.75) is 12.8 Å². The first kappa shape index (κ1) is 14.4. The fourth-order valence-corrected chi connectivity index (χ4v) is 1.67. The lowest BCUT2D eigenvalue weighted by Crippen LogP contribution is -2.26. The molecule has 0 aliphatic heterocycles. The van der Waals surface area contributed by atoms with Gasteiger partial charge < -0.3 is 10.2 Å². The summed E-state index contributed by atoms with van der Waals surface area (Å²) in [4.78, 5) is 17.9. The van der Waals surface area contributed by atoms with Gasteiger partial charge in [-0.25, -0.2) is 4.98 Å². The molecule has 5 heteroatoms. The molecule has 0 spiro atoms. The number of hydrogen-bond acceptors (Lipinski definition) is 3. The molecule has 0 saturated carbocycles. The summed E-state index contributed by atoms with van der Waals surface area (Å²) >= 11 is 2.17. The van der Waals surface area contributed by atoms with Gasteiger partial charge in [-0.2, -0.15) is 0 Å². The van der Waals surface area contributed by atoms with Gasteiger partial charge in [0.15, 0.2) is 0 Å². The van der Waals surface area contributed by atoms with Crippen molar-refractivity contribution < 1.29 is 4.79 Å².